The van der Waals surface area contributed by atoms with Gasteiger partial charge in [-0.05, 0) is 19.3 Å². The molecular weight excluding hydrogens is 270 g/mol. The van der Waals surface area contributed by atoms with Crippen LogP contribution in [0.1, 0.15) is 39.0 Å². The topological polar surface area (TPSA) is 75.5 Å². The summed E-state index contributed by atoms with van der Waals surface area (Å²) in [5, 5.41) is 13.5. The van der Waals surface area contributed by atoms with E-state index in [1.807, 2.05) is 6.92 Å². The normalized spacial score (nSPS) is 16.6. The summed E-state index contributed by atoms with van der Waals surface area (Å²) in [7, 11) is 0. The Kier molecular flexibility index (Phi) is 7.21. The summed E-state index contributed by atoms with van der Waals surface area (Å²) in [6.45, 7) is 7.01. The van der Waals surface area contributed by atoms with Crippen LogP contribution in [0.2, 0.25) is 0 Å². The fourth-order valence-corrected chi connectivity index (χ4v) is 2.11. The number of allylic oxidation sites excluding steroid dienone is 3. The van der Waals surface area contributed by atoms with Crippen molar-refractivity contribution in [2.45, 2.75) is 39.0 Å². The number of likely N-dealkylation sites (tertiary alicyclic amines) is 1. The molecular formula is C15H23N3O3. The summed E-state index contributed by atoms with van der Waals surface area (Å²) in [6, 6.07) is -0.236. The van der Waals surface area contributed by atoms with Gasteiger partial charge in [-0.3, -0.25) is 10.1 Å². The Hall–Kier alpha value is -2.11. The molecule has 1 heterocycles. The van der Waals surface area contributed by atoms with E-state index in [-0.39, 0.29) is 17.4 Å². The highest BCUT2D eigenvalue weighted by Gasteiger charge is 2.16. The van der Waals surface area contributed by atoms with E-state index in [1.165, 1.54) is 12.2 Å². The highest BCUT2D eigenvalue weighted by atomic mass is 16.6. The molecule has 6 heteroatoms. The van der Waals surface area contributed by atoms with Gasteiger partial charge in [-0.2, -0.15) is 0 Å². The van der Waals surface area contributed by atoms with Crippen LogP contribution in [0.25, 0.3) is 0 Å². The smallest absolute Gasteiger partial charge is 0.321 e. The molecule has 0 bridgehead atoms. The first-order valence-corrected chi connectivity index (χ1v) is 7.32. The number of nitro groups is 1. The second kappa shape index (κ2) is 8.94. The van der Waals surface area contributed by atoms with E-state index in [4.69, 9.17) is 0 Å². The van der Waals surface area contributed by atoms with Crippen molar-refractivity contribution < 1.29 is 9.72 Å². The average Bonchev–Trinajstić information content (AvgIpc) is 2.72. The molecule has 6 nitrogen and oxygen atoms in total. The van der Waals surface area contributed by atoms with Crippen molar-refractivity contribution in [3.05, 3.63) is 46.3 Å². The van der Waals surface area contributed by atoms with Crippen molar-refractivity contribution in [3.63, 3.8) is 0 Å². The molecule has 0 aromatic carbocycles. The van der Waals surface area contributed by atoms with Gasteiger partial charge >= 0.3 is 6.03 Å². The largest absolute Gasteiger partial charge is 0.325 e. The first-order chi connectivity index (χ1) is 10.0. The van der Waals surface area contributed by atoms with Gasteiger partial charge in [0, 0.05) is 30.9 Å². The van der Waals surface area contributed by atoms with Gasteiger partial charge in [0.15, 0.2) is 0 Å². The number of nitrogens with one attached hydrogen (secondary N) is 1. The Morgan fingerprint density at radius 1 is 1.33 bits per heavy atom. The second-order valence-electron chi connectivity index (χ2n) is 4.99. The van der Waals surface area contributed by atoms with E-state index in [2.05, 4.69) is 11.9 Å². The molecule has 0 aromatic rings. The van der Waals surface area contributed by atoms with Crippen molar-refractivity contribution in [3.8, 4) is 0 Å². The minimum atomic E-state index is -0.491. The van der Waals surface area contributed by atoms with E-state index >= 15 is 0 Å². The molecule has 1 rings (SSSR count). The van der Waals surface area contributed by atoms with Crippen molar-refractivity contribution >= 4 is 6.03 Å². The highest BCUT2D eigenvalue weighted by Crippen LogP contribution is 2.10. The second-order valence-corrected chi connectivity index (χ2v) is 4.99. The molecule has 1 fully saturated rings. The zero-order chi connectivity index (χ0) is 15.7. The van der Waals surface area contributed by atoms with E-state index in [9.17, 15) is 14.9 Å². The van der Waals surface area contributed by atoms with E-state index in [0.29, 0.717) is 6.42 Å². The van der Waals surface area contributed by atoms with E-state index in [1.54, 1.807) is 11.0 Å². The molecule has 0 radical (unpaired) electrons. The summed E-state index contributed by atoms with van der Waals surface area (Å²) in [5.41, 5.74) is 0.148. The number of nitrogens with zero attached hydrogens (tertiary/aromatic N) is 2. The standard InChI is InChI=1S/C15H23N3O3/c1-3-4-9-14(18(20)21)12-13(2)16-15(19)17-10-7-5-6-8-11-17/h4,9,12H,2-3,5-8,10-11H2,1H3,(H,16,19)/b9-4-,14-12+. The van der Waals surface area contributed by atoms with Crippen molar-refractivity contribution in [2.24, 2.45) is 0 Å². The average molecular weight is 293 g/mol. The third-order valence-electron chi connectivity index (χ3n) is 3.22. The first-order valence-electron chi connectivity index (χ1n) is 7.32. The molecule has 0 aliphatic carbocycles. The number of amides is 2. The SMILES string of the molecule is C=C(/C=C(\C=C/CC)[N+](=O)[O-])NC(=O)N1CCCCCC1. The predicted octanol–water partition coefficient (Wildman–Crippen LogP) is 3.21. The molecule has 0 aromatic heterocycles. The minimum absolute atomic E-state index is 0.0852. The van der Waals surface area contributed by atoms with Gasteiger partial charge in [0.05, 0.1) is 4.92 Å². The summed E-state index contributed by atoms with van der Waals surface area (Å²) < 4.78 is 0. The third-order valence-corrected chi connectivity index (χ3v) is 3.22. The molecule has 0 spiro atoms. The number of carbonyl (C=O) groups excluding carboxylic acids is 1. The Morgan fingerprint density at radius 2 is 1.95 bits per heavy atom. The first kappa shape index (κ1) is 16.9. The molecule has 1 saturated heterocycles. The maximum Gasteiger partial charge on any atom is 0.321 e. The minimum Gasteiger partial charge on any atom is -0.325 e. The third kappa shape index (κ3) is 6.25. The van der Waals surface area contributed by atoms with Crippen molar-refractivity contribution in [2.75, 3.05) is 13.1 Å². The number of rotatable bonds is 5. The molecule has 1 aliphatic rings. The lowest BCUT2D eigenvalue weighted by molar-refractivity contribution is -0.419. The lowest BCUT2D eigenvalue weighted by atomic mass is 10.2. The van der Waals surface area contributed by atoms with Crippen LogP contribution in [0.5, 0.6) is 0 Å². The van der Waals surface area contributed by atoms with Crippen molar-refractivity contribution in [1.29, 1.82) is 0 Å². The van der Waals surface area contributed by atoms with Crippen LogP contribution >= 0.6 is 0 Å². The Balaban J connectivity index is 2.63. The van der Waals surface area contributed by atoms with Gasteiger partial charge in [-0.25, -0.2) is 4.79 Å². The lowest BCUT2D eigenvalue weighted by Crippen LogP contribution is -2.39. The maximum atomic E-state index is 12.1. The van der Waals surface area contributed by atoms with Crippen LogP contribution in [-0.2, 0) is 0 Å². The zero-order valence-electron chi connectivity index (χ0n) is 12.5. The fourth-order valence-electron chi connectivity index (χ4n) is 2.11. The summed E-state index contributed by atoms with van der Waals surface area (Å²) >= 11 is 0. The number of urea groups is 1. The maximum absolute atomic E-state index is 12.1. The van der Waals surface area contributed by atoms with Gasteiger partial charge < -0.3 is 10.2 Å². The van der Waals surface area contributed by atoms with Crippen LogP contribution in [0.15, 0.2) is 36.2 Å². The van der Waals surface area contributed by atoms with Crippen LogP contribution in [0, 0.1) is 10.1 Å². The van der Waals surface area contributed by atoms with Gasteiger partial charge in [0.1, 0.15) is 0 Å². The molecule has 0 unspecified atom stereocenters. The van der Waals surface area contributed by atoms with Gasteiger partial charge in [0.25, 0.3) is 5.70 Å². The highest BCUT2D eigenvalue weighted by molar-refractivity contribution is 5.76. The molecule has 21 heavy (non-hydrogen) atoms. The number of hydrogen-bond acceptors (Lipinski definition) is 3. The molecule has 0 atom stereocenters. The predicted molar refractivity (Wildman–Crippen MR) is 82.2 cm³/mol. The van der Waals surface area contributed by atoms with Gasteiger partial charge in [0.2, 0.25) is 0 Å². The molecule has 1 aliphatic heterocycles. The van der Waals surface area contributed by atoms with Crippen LogP contribution < -0.4 is 5.32 Å². The lowest BCUT2D eigenvalue weighted by Gasteiger charge is -2.20. The molecule has 116 valence electrons. The monoisotopic (exact) mass is 293 g/mol. The van der Waals surface area contributed by atoms with Gasteiger partial charge in [-0.15, -0.1) is 0 Å². The van der Waals surface area contributed by atoms with Crippen LogP contribution in [0.4, 0.5) is 4.79 Å². The Morgan fingerprint density at radius 3 is 2.48 bits per heavy atom. The molecule has 0 saturated carbocycles. The zero-order valence-corrected chi connectivity index (χ0v) is 12.5. The fraction of sp³-hybridized carbons (Fsp3) is 0.533. The Bertz CT molecular complexity index is 447. The molecule has 2 amide bonds. The van der Waals surface area contributed by atoms with Gasteiger partial charge in [-0.1, -0.05) is 32.4 Å². The summed E-state index contributed by atoms with van der Waals surface area (Å²) in [6.07, 6.45) is 9.36. The number of hydrogen-bond donors (Lipinski definition) is 1. The molecule has 1 N–H and O–H groups in total. The van der Waals surface area contributed by atoms with Crippen molar-refractivity contribution in [1.82, 2.24) is 10.2 Å². The summed E-state index contributed by atoms with van der Waals surface area (Å²) in [5.74, 6) is 0. The Labute approximate surface area is 125 Å². The van der Waals surface area contributed by atoms with Crippen LogP contribution in [0.3, 0.4) is 0 Å². The van der Waals surface area contributed by atoms with E-state index in [0.717, 1.165) is 38.8 Å². The summed E-state index contributed by atoms with van der Waals surface area (Å²) in [4.78, 5) is 24.2. The van der Waals surface area contributed by atoms with Crippen LogP contribution in [-0.4, -0.2) is 28.9 Å². The number of carbonyl (C=O) groups is 1. The quantitative estimate of drug-likeness (QED) is 0.480. The van der Waals surface area contributed by atoms with E-state index < -0.39 is 4.92 Å².